The SMILES string of the molecule is COc1ccc(CCn2c(C)cc(C(=O)Cn3cnc4sccc4c3=O)c2C)cc1. The van der Waals surface area contributed by atoms with Crippen molar-refractivity contribution in [2.45, 2.75) is 33.4 Å². The zero-order valence-corrected chi connectivity index (χ0v) is 18.0. The molecule has 0 spiro atoms. The number of thiophene rings is 1. The lowest BCUT2D eigenvalue weighted by Gasteiger charge is -2.11. The van der Waals surface area contributed by atoms with Crippen LogP contribution in [0.1, 0.15) is 27.3 Å². The molecule has 0 atom stereocenters. The quantitative estimate of drug-likeness (QED) is 0.423. The molecule has 0 aliphatic carbocycles. The van der Waals surface area contributed by atoms with E-state index in [-0.39, 0.29) is 17.9 Å². The maximum absolute atomic E-state index is 13.0. The molecule has 0 radical (unpaired) electrons. The fourth-order valence-corrected chi connectivity index (χ4v) is 4.43. The number of aryl methyl sites for hydroxylation is 2. The number of benzene rings is 1. The Morgan fingerprint density at radius 2 is 1.93 bits per heavy atom. The van der Waals surface area contributed by atoms with Crippen molar-refractivity contribution in [1.29, 1.82) is 0 Å². The number of Topliss-reactive ketones (excluding diaryl/α,β-unsaturated/α-hetero) is 1. The van der Waals surface area contributed by atoms with Gasteiger partial charge in [-0.25, -0.2) is 4.98 Å². The van der Waals surface area contributed by atoms with E-state index in [1.54, 1.807) is 13.2 Å². The van der Waals surface area contributed by atoms with Gasteiger partial charge in [0.15, 0.2) is 5.78 Å². The Balaban J connectivity index is 1.52. The average molecular weight is 422 g/mol. The number of carbonyl (C=O) groups excluding carboxylic acids is 1. The van der Waals surface area contributed by atoms with Gasteiger partial charge in [0.2, 0.25) is 0 Å². The van der Waals surface area contributed by atoms with E-state index in [4.69, 9.17) is 4.74 Å². The third kappa shape index (κ3) is 3.80. The predicted octanol–water partition coefficient (Wildman–Crippen LogP) is 4.01. The van der Waals surface area contributed by atoms with Crippen LogP contribution in [0.4, 0.5) is 0 Å². The van der Waals surface area contributed by atoms with Crippen LogP contribution in [0.15, 0.2) is 52.9 Å². The lowest BCUT2D eigenvalue weighted by atomic mass is 10.1. The summed E-state index contributed by atoms with van der Waals surface area (Å²) in [5.74, 6) is 0.752. The summed E-state index contributed by atoms with van der Waals surface area (Å²) in [7, 11) is 1.66. The molecule has 4 rings (SSSR count). The number of carbonyl (C=O) groups is 1. The number of rotatable bonds is 7. The molecule has 0 bridgehead atoms. The van der Waals surface area contributed by atoms with E-state index in [0.29, 0.717) is 15.8 Å². The molecule has 6 nitrogen and oxygen atoms in total. The molecule has 154 valence electrons. The second-order valence-electron chi connectivity index (χ2n) is 7.27. The third-order valence-electron chi connectivity index (χ3n) is 5.42. The van der Waals surface area contributed by atoms with Crippen molar-refractivity contribution in [3.05, 3.63) is 81.0 Å². The zero-order chi connectivity index (χ0) is 21.3. The number of nitrogens with zero attached hydrogens (tertiary/aromatic N) is 3. The Morgan fingerprint density at radius 1 is 1.17 bits per heavy atom. The Morgan fingerprint density at radius 3 is 2.67 bits per heavy atom. The van der Waals surface area contributed by atoms with Gasteiger partial charge in [-0.15, -0.1) is 11.3 Å². The molecule has 0 saturated carbocycles. The highest BCUT2D eigenvalue weighted by molar-refractivity contribution is 7.16. The molecule has 7 heteroatoms. The molecule has 0 unspecified atom stereocenters. The number of ether oxygens (including phenoxy) is 1. The van der Waals surface area contributed by atoms with Gasteiger partial charge in [-0.1, -0.05) is 12.1 Å². The molecule has 3 heterocycles. The number of methoxy groups -OCH3 is 1. The first-order valence-electron chi connectivity index (χ1n) is 9.73. The van der Waals surface area contributed by atoms with Gasteiger partial charge in [0.05, 0.1) is 25.4 Å². The molecule has 4 aromatic rings. The Hall–Kier alpha value is -3.19. The van der Waals surface area contributed by atoms with Crippen LogP contribution < -0.4 is 10.3 Å². The fourth-order valence-electron chi connectivity index (χ4n) is 3.71. The van der Waals surface area contributed by atoms with Gasteiger partial charge in [-0.2, -0.15) is 0 Å². The standard InChI is InChI=1S/C23H23N3O3S/c1-15-12-20(16(2)26(15)10-8-17-4-6-18(29-3)7-5-17)21(27)13-25-14-24-22-19(23(25)28)9-11-30-22/h4-7,9,11-12,14H,8,10,13H2,1-3H3. The van der Waals surface area contributed by atoms with Crippen molar-refractivity contribution in [2.75, 3.05) is 7.11 Å². The van der Waals surface area contributed by atoms with Gasteiger partial charge < -0.3 is 9.30 Å². The summed E-state index contributed by atoms with van der Waals surface area (Å²) >= 11 is 1.42. The number of aromatic nitrogens is 3. The van der Waals surface area contributed by atoms with Crippen molar-refractivity contribution in [3.8, 4) is 5.75 Å². The van der Waals surface area contributed by atoms with E-state index in [1.165, 1.54) is 27.8 Å². The minimum Gasteiger partial charge on any atom is -0.497 e. The summed E-state index contributed by atoms with van der Waals surface area (Å²) < 4.78 is 8.75. The van der Waals surface area contributed by atoms with Gasteiger partial charge in [-0.3, -0.25) is 14.2 Å². The van der Waals surface area contributed by atoms with Crippen LogP contribution in [-0.4, -0.2) is 27.0 Å². The number of fused-ring (bicyclic) bond motifs is 1. The van der Waals surface area contributed by atoms with Gasteiger partial charge in [0.1, 0.15) is 10.6 Å². The lowest BCUT2D eigenvalue weighted by molar-refractivity contribution is 0.0970. The van der Waals surface area contributed by atoms with E-state index < -0.39 is 0 Å². The van der Waals surface area contributed by atoms with Crippen molar-refractivity contribution >= 4 is 27.3 Å². The Kier molecular flexibility index (Phi) is 5.55. The van der Waals surface area contributed by atoms with Crippen LogP contribution in [-0.2, 0) is 19.5 Å². The van der Waals surface area contributed by atoms with E-state index in [2.05, 4.69) is 21.7 Å². The molecule has 0 N–H and O–H groups in total. The maximum atomic E-state index is 13.0. The van der Waals surface area contributed by atoms with Gasteiger partial charge in [-0.05, 0) is 55.5 Å². The number of hydrogen-bond donors (Lipinski definition) is 0. The van der Waals surface area contributed by atoms with Gasteiger partial charge in [0, 0.05) is 23.5 Å². The van der Waals surface area contributed by atoms with Crippen LogP contribution in [0.5, 0.6) is 5.75 Å². The minimum absolute atomic E-state index is 0.0135. The molecule has 3 aromatic heterocycles. The number of hydrogen-bond acceptors (Lipinski definition) is 5. The first-order chi connectivity index (χ1) is 14.5. The van der Waals surface area contributed by atoms with Crippen LogP contribution in [0.2, 0.25) is 0 Å². The molecule has 0 fully saturated rings. The second kappa shape index (κ2) is 8.28. The summed E-state index contributed by atoms with van der Waals surface area (Å²) in [6, 6.07) is 11.7. The fraction of sp³-hybridized carbons (Fsp3) is 0.261. The monoisotopic (exact) mass is 421 g/mol. The highest BCUT2D eigenvalue weighted by Gasteiger charge is 2.17. The normalized spacial score (nSPS) is 11.2. The van der Waals surface area contributed by atoms with Crippen molar-refractivity contribution in [3.63, 3.8) is 0 Å². The molecule has 30 heavy (non-hydrogen) atoms. The van der Waals surface area contributed by atoms with E-state index >= 15 is 0 Å². The van der Waals surface area contributed by atoms with Crippen LogP contribution >= 0.6 is 11.3 Å². The first kappa shape index (κ1) is 20.1. The van der Waals surface area contributed by atoms with Crippen molar-refractivity contribution in [2.24, 2.45) is 0 Å². The summed E-state index contributed by atoms with van der Waals surface area (Å²) in [6.07, 6.45) is 2.31. The van der Waals surface area contributed by atoms with Gasteiger partial charge >= 0.3 is 0 Å². The van der Waals surface area contributed by atoms with E-state index in [9.17, 15) is 9.59 Å². The average Bonchev–Trinajstić information content (AvgIpc) is 3.34. The molecule has 0 aliphatic rings. The van der Waals surface area contributed by atoms with Crippen LogP contribution in [0.25, 0.3) is 10.2 Å². The lowest BCUT2D eigenvalue weighted by Crippen LogP contribution is -2.24. The summed E-state index contributed by atoms with van der Waals surface area (Å²) in [5, 5.41) is 2.39. The predicted molar refractivity (Wildman–Crippen MR) is 119 cm³/mol. The van der Waals surface area contributed by atoms with E-state index in [0.717, 1.165) is 30.1 Å². The highest BCUT2D eigenvalue weighted by atomic mass is 32.1. The topological polar surface area (TPSA) is 66.1 Å². The van der Waals surface area contributed by atoms with Crippen molar-refractivity contribution < 1.29 is 9.53 Å². The smallest absolute Gasteiger partial charge is 0.262 e. The van der Waals surface area contributed by atoms with Crippen LogP contribution in [0.3, 0.4) is 0 Å². The maximum Gasteiger partial charge on any atom is 0.262 e. The van der Waals surface area contributed by atoms with Gasteiger partial charge in [0.25, 0.3) is 5.56 Å². The molecule has 0 aliphatic heterocycles. The molecule has 0 amide bonds. The third-order valence-corrected chi connectivity index (χ3v) is 6.24. The zero-order valence-electron chi connectivity index (χ0n) is 17.2. The molecule has 1 aromatic carbocycles. The minimum atomic E-state index is -0.178. The second-order valence-corrected chi connectivity index (χ2v) is 8.17. The van der Waals surface area contributed by atoms with Crippen molar-refractivity contribution in [1.82, 2.24) is 14.1 Å². The molecular weight excluding hydrogens is 398 g/mol. The molecule has 0 saturated heterocycles. The summed E-state index contributed by atoms with van der Waals surface area (Å²) in [4.78, 5) is 30.5. The largest absolute Gasteiger partial charge is 0.497 e. The summed E-state index contributed by atoms with van der Waals surface area (Å²) in [6.45, 7) is 4.72. The molecular formula is C23H23N3O3S. The Labute approximate surface area is 178 Å². The summed E-state index contributed by atoms with van der Waals surface area (Å²) in [5.41, 5.74) is 3.63. The number of ketones is 1. The highest BCUT2D eigenvalue weighted by Crippen LogP contribution is 2.19. The first-order valence-corrected chi connectivity index (χ1v) is 10.6. The van der Waals surface area contributed by atoms with E-state index in [1.807, 2.05) is 37.4 Å². The van der Waals surface area contributed by atoms with Crippen LogP contribution in [0, 0.1) is 13.8 Å². The Bertz CT molecular complexity index is 1270.